The van der Waals surface area contributed by atoms with Crippen LogP contribution >= 0.6 is 0 Å². The Morgan fingerprint density at radius 1 is 1.00 bits per heavy atom. The highest BCUT2D eigenvalue weighted by molar-refractivity contribution is 5.66. The van der Waals surface area contributed by atoms with E-state index in [-0.39, 0.29) is 29.5 Å². The molecule has 0 aromatic rings. The zero-order chi connectivity index (χ0) is 21.8. The number of hydrogen-bond acceptors (Lipinski definition) is 3. The summed E-state index contributed by atoms with van der Waals surface area (Å²) in [7, 11) is 0. The van der Waals surface area contributed by atoms with E-state index in [2.05, 4.69) is 27.7 Å². The summed E-state index contributed by atoms with van der Waals surface area (Å²) in [6.07, 6.45) is 9.27. The lowest BCUT2D eigenvalue weighted by Crippen LogP contribution is -2.62. The Kier molecular flexibility index (Phi) is 6.07. The van der Waals surface area contributed by atoms with Gasteiger partial charge in [-0.25, -0.2) is 0 Å². The van der Waals surface area contributed by atoms with E-state index < -0.39 is 5.97 Å². The van der Waals surface area contributed by atoms with Crippen LogP contribution in [-0.2, 0) is 4.79 Å². The predicted molar refractivity (Wildman–Crippen MR) is 118 cm³/mol. The highest BCUT2D eigenvalue weighted by atomic mass is 16.4. The van der Waals surface area contributed by atoms with Gasteiger partial charge < -0.3 is 15.3 Å². The predicted octanol–water partition coefficient (Wildman–Crippen LogP) is 5.11. The van der Waals surface area contributed by atoms with Crippen LogP contribution in [0.2, 0.25) is 0 Å². The summed E-state index contributed by atoms with van der Waals surface area (Å²) in [6, 6.07) is 0. The first-order valence-electron chi connectivity index (χ1n) is 12.7. The van der Waals surface area contributed by atoms with Crippen molar-refractivity contribution in [2.75, 3.05) is 0 Å². The molecule has 4 nitrogen and oxygen atoms in total. The maximum absolute atomic E-state index is 11.7. The number of carbonyl (C=O) groups is 1. The lowest BCUT2D eigenvalue weighted by molar-refractivity contribution is -0.203. The minimum Gasteiger partial charge on any atom is -0.481 e. The monoisotopic (exact) mass is 420 g/mol. The molecule has 0 aliphatic heterocycles. The van der Waals surface area contributed by atoms with Gasteiger partial charge in [-0.1, -0.05) is 34.1 Å². The van der Waals surface area contributed by atoms with Crippen LogP contribution in [0.4, 0.5) is 0 Å². The molecule has 4 aliphatic carbocycles. The van der Waals surface area contributed by atoms with Gasteiger partial charge in [-0.2, -0.15) is 0 Å². The zero-order valence-corrected chi connectivity index (χ0v) is 19.5. The summed E-state index contributed by atoms with van der Waals surface area (Å²) in [5.41, 5.74) is 0.480. The van der Waals surface area contributed by atoms with Crippen molar-refractivity contribution in [3.63, 3.8) is 0 Å². The minimum absolute atomic E-state index is 0.194. The number of rotatable bonds is 5. The third-order valence-electron chi connectivity index (χ3n) is 11.0. The average Bonchev–Trinajstić information content (AvgIpc) is 3.05. The zero-order valence-electron chi connectivity index (χ0n) is 19.5. The number of aliphatic hydroxyl groups is 2. The highest BCUT2D eigenvalue weighted by Crippen LogP contribution is 2.69. The molecule has 3 N–H and O–H groups in total. The molecule has 0 bridgehead atoms. The summed E-state index contributed by atoms with van der Waals surface area (Å²) < 4.78 is 0. The molecule has 3 unspecified atom stereocenters. The van der Waals surface area contributed by atoms with E-state index in [1.165, 1.54) is 25.7 Å². The molecule has 4 aliphatic rings. The quantitative estimate of drug-likeness (QED) is 0.577. The molecule has 0 saturated heterocycles. The largest absolute Gasteiger partial charge is 0.481 e. The molecule has 4 saturated carbocycles. The highest BCUT2D eigenvalue weighted by Gasteiger charge is 2.64. The minimum atomic E-state index is -0.683. The van der Waals surface area contributed by atoms with Gasteiger partial charge in [0.1, 0.15) is 0 Å². The molecule has 0 radical (unpaired) electrons. The van der Waals surface area contributed by atoms with E-state index in [0.717, 1.165) is 32.1 Å². The third-order valence-corrected chi connectivity index (χ3v) is 11.0. The van der Waals surface area contributed by atoms with Gasteiger partial charge in [0.25, 0.3) is 0 Å². The second-order valence-corrected chi connectivity index (χ2v) is 12.0. The van der Waals surface area contributed by atoms with Crippen LogP contribution in [0.15, 0.2) is 0 Å². The van der Waals surface area contributed by atoms with Crippen LogP contribution < -0.4 is 0 Å². The molecule has 0 heterocycles. The summed E-state index contributed by atoms with van der Waals surface area (Å²) in [4.78, 5) is 11.1. The smallest absolute Gasteiger partial charge is 0.303 e. The Labute approximate surface area is 182 Å². The molecule has 0 amide bonds. The number of aliphatic hydroxyl groups excluding tert-OH is 2. The molecule has 0 spiro atoms. The van der Waals surface area contributed by atoms with Gasteiger partial charge in [0.05, 0.1) is 12.2 Å². The summed E-state index contributed by atoms with van der Waals surface area (Å²) in [6.45, 7) is 9.44. The maximum atomic E-state index is 11.7. The number of hydrogen-bond donors (Lipinski definition) is 3. The van der Waals surface area contributed by atoms with Crippen LogP contribution in [0, 0.1) is 52.3 Å². The fraction of sp³-hybridized carbons (Fsp3) is 0.962. The second kappa shape index (κ2) is 8.06. The van der Waals surface area contributed by atoms with Crippen molar-refractivity contribution in [1.29, 1.82) is 0 Å². The van der Waals surface area contributed by atoms with Crippen LogP contribution in [0.3, 0.4) is 0 Å². The van der Waals surface area contributed by atoms with Gasteiger partial charge in [0.15, 0.2) is 0 Å². The molecule has 30 heavy (non-hydrogen) atoms. The van der Waals surface area contributed by atoms with E-state index in [4.69, 9.17) is 5.11 Å². The van der Waals surface area contributed by atoms with Crippen LogP contribution in [0.1, 0.15) is 91.9 Å². The topological polar surface area (TPSA) is 77.8 Å². The molecular weight excluding hydrogens is 376 g/mol. The van der Waals surface area contributed by atoms with Crippen molar-refractivity contribution in [3.05, 3.63) is 0 Å². The molecular formula is C26H44O4. The van der Waals surface area contributed by atoms with Crippen LogP contribution in [0.25, 0.3) is 0 Å². The Morgan fingerprint density at radius 2 is 1.67 bits per heavy atom. The first-order valence-corrected chi connectivity index (χ1v) is 12.7. The maximum Gasteiger partial charge on any atom is 0.303 e. The molecule has 172 valence electrons. The fourth-order valence-electron chi connectivity index (χ4n) is 9.48. The van der Waals surface area contributed by atoms with E-state index in [9.17, 15) is 15.0 Å². The molecule has 11 atom stereocenters. The Bertz CT molecular complexity index is 649. The second-order valence-electron chi connectivity index (χ2n) is 12.0. The standard InChI is InChI=1S/C26H44O4/c1-5-17-21-14-16(27)10-12-26(21,4)20-11-13-25(3)18(15(2)6-9-22(28)29)7-8-19(25)23(20)24(17)30/h15-21,23-24,27,30H,5-14H2,1-4H3,(H,28,29)/t15-,16-,17-,18-,19+,20+,21?,23?,24?,25-,26-/m1/s1. The molecule has 4 rings (SSSR count). The van der Waals surface area contributed by atoms with Gasteiger partial charge in [0, 0.05) is 6.42 Å². The van der Waals surface area contributed by atoms with Crippen LogP contribution in [0.5, 0.6) is 0 Å². The van der Waals surface area contributed by atoms with Crippen molar-refractivity contribution in [2.45, 2.75) is 104 Å². The summed E-state index contributed by atoms with van der Waals surface area (Å²) in [5.74, 6) is 2.58. The van der Waals surface area contributed by atoms with Crippen molar-refractivity contribution < 1.29 is 20.1 Å². The number of aliphatic carboxylic acids is 1. The SMILES string of the molecule is CC[C@H]1C(O)C2[C@@H]3CC[C@H]([C@H](C)CCC(=O)O)[C@@]3(C)CC[C@@H]2[C@@]2(C)CC[C@@H](O)CC12. The van der Waals surface area contributed by atoms with Crippen molar-refractivity contribution in [1.82, 2.24) is 0 Å². The summed E-state index contributed by atoms with van der Waals surface area (Å²) >= 11 is 0. The molecule has 4 fully saturated rings. The first kappa shape index (κ1) is 22.6. The average molecular weight is 421 g/mol. The molecule has 0 aromatic heterocycles. The van der Waals surface area contributed by atoms with E-state index in [0.29, 0.717) is 41.4 Å². The number of carboxylic acid groups (broad SMARTS) is 1. The Hall–Kier alpha value is -0.610. The lowest BCUT2D eigenvalue weighted by atomic mass is 9.41. The lowest BCUT2D eigenvalue weighted by Gasteiger charge is -2.64. The summed E-state index contributed by atoms with van der Waals surface area (Å²) in [5, 5.41) is 31.3. The van der Waals surface area contributed by atoms with Gasteiger partial charge in [-0.05, 0) is 104 Å². The van der Waals surface area contributed by atoms with Gasteiger partial charge >= 0.3 is 5.97 Å². The third kappa shape index (κ3) is 3.36. The van der Waals surface area contributed by atoms with Gasteiger partial charge in [0.2, 0.25) is 0 Å². The fourth-order valence-corrected chi connectivity index (χ4v) is 9.48. The van der Waals surface area contributed by atoms with Crippen LogP contribution in [-0.4, -0.2) is 33.5 Å². The number of fused-ring (bicyclic) bond motifs is 5. The van der Waals surface area contributed by atoms with Crippen molar-refractivity contribution >= 4 is 5.97 Å². The number of carboxylic acids is 1. The van der Waals surface area contributed by atoms with E-state index >= 15 is 0 Å². The molecule has 0 aromatic carbocycles. The van der Waals surface area contributed by atoms with E-state index in [1.807, 2.05) is 0 Å². The van der Waals surface area contributed by atoms with Crippen molar-refractivity contribution in [2.24, 2.45) is 52.3 Å². The van der Waals surface area contributed by atoms with Gasteiger partial charge in [-0.15, -0.1) is 0 Å². The van der Waals surface area contributed by atoms with Gasteiger partial charge in [-0.3, -0.25) is 4.79 Å². The normalized spacial score (nSPS) is 51.5. The Balaban J connectivity index is 1.61. The first-order chi connectivity index (χ1) is 14.1. The van der Waals surface area contributed by atoms with Crippen molar-refractivity contribution in [3.8, 4) is 0 Å². The molecule has 4 heteroatoms. The van der Waals surface area contributed by atoms with E-state index in [1.54, 1.807) is 0 Å². The Morgan fingerprint density at radius 3 is 2.33 bits per heavy atom.